The third kappa shape index (κ3) is 6.37. The van der Waals surface area contributed by atoms with Crippen molar-refractivity contribution in [2.75, 3.05) is 14.2 Å². The van der Waals surface area contributed by atoms with Crippen LogP contribution in [-0.4, -0.2) is 26.2 Å². The van der Waals surface area contributed by atoms with Crippen molar-refractivity contribution >= 4 is 55.0 Å². The molecule has 0 unspecified atom stereocenters. The van der Waals surface area contributed by atoms with Gasteiger partial charge >= 0.3 is 11.9 Å². The van der Waals surface area contributed by atoms with Crippen LogP contribution >= 0.6 is 0 Å². The molecule has 0 fully saturated rings. The van der Waals surface area contributed by atoms with Crippen LogP contribution in [-0.2, 0) is 14.9 Å². The Morgan fingerprint density at radius 3 is 1.17 bits per heavy atom. The van der Waals surface area contributed by atoms with Gasteiger partial charge < -0.3 is 9.47 Å². The fraction of sp³-hybridized carbons (Fsp3) is 0.236. The van der Waals surface area contributed by atoms with Gasteiger partial charge in [-0.3, -0.25) is 0 Å². The normalized spacial score (nSPS) is 12.9. The van der Waals surface area contributed by atoms with Crippen LogP contribution in [0.5, 0.6) is 0 Å². The van der Waals surface area contributed by atoms with Crippen LogP contribution in [0.3, 0.4) is 0 Å². The van der Waals surface area contributed by atoms with Gasteiger partial charge in [0.25, 0.3) is 0 Å². The molecule has 9 rings (SSSR count). The molecule has 0 N–H and O–H groups in total. The second-order valence-corrected chi connectivity index (χ2v) is 16.2. The summed E-state index contributed by atoms with van der Waals surface area (Å²) in [7, 11) is 2.84. The average Bonchev–Trinajstić information content (AvgIpc) is 3.59. The standard InChI is InChI=1S/C55H50O4/c1-5-7-13-31-55(32-14-8-6-2)51-45-29-27-39(35-19-23-37(24-20-35)53(56)58-3)33-47(45)41-15-9-11-17-43(41)49(51)50-44-18-12-10-16-42(44)48-34-40(28-30-46(48)52(50)55)36-21-25-38(26-22-36)54(57)59-4/h9-12,15-30,33-34H,5-8,13-14,31-32H2,1-4H3. The minimum Gasteiger partial charge on any atom is -0.465 e. The maximum Gasteiger partial charge on any atom is 0.337 e. The van der Waals surface area contributed by atoms with Crippen LogP contribution in [0.15, 0.2) is 133 Å². The van der Waals surface area contributed by atoms with Gasteiger partial charge in [-0.1, -0.05) is 149 Å². The highest BCUT2D eigenvalue weighted by Gasteiger charge is 2.46. The number of rotatable bonds is 12. The molecule has 4 nitrogen and oxygen atoms in total. The zero-order chi connectivity index (χ0) is 40.7. The molecular weight excluding hydrogens is 725 g/mol. The largest absolute Gasteiger partial charge is 0.465 e. The van der Waals surface area contributed by atoms with Gasteiger partial charge in [0.1, 0.15) is 0 Å². The minimum absolute atomic E-state index is 0.201. The number of esters is 2. The number of carbonyl (C=O) groups is 2. The first-order chi connectivity index (χ1) is 28.9. The summed E-state index contributed by atoms with van der Waals surface area (Å²) in [6, 6.07) is 47.7. The zero-order valence-electron chi connectivity index (χ0n) is 34.5. The molecule has 0 saturated heterocycles. The lowest BCUT2D eigenvalue weighted by molar-refractivity contribution is 0.0592. The topological polar surface area (TPSA) is 52.6 Å². The van der Waals surface area contributed by atoms with E-state index in [1.165, 1.54) is 92.4 Å². The Morgan fingerprint density at radius 2 is 0.797 bits per heavy atom. The van der Waals surface area contributed by atoms with E-state index in [0.717, 1.165) is 60.8 Å². The van der Waals surface area contributed by atoms with Crippen LogP contribution < -0.4 is 0 Å². The summed E-state index contributed by atoms with van der Waals surface area (Å²) < 4.78 is 9.98. The third-order valence-electron chi connectivity index (χ3n) is 13.0. The lowest BCUT2D eigenvalue weighted by atomic mass is 9.68. The molecular formula is C55H50O4. The predicted octanol–water partition coefficient (Wildman–Crippen LogP) is 14.6. The van der Waals surface area contributed by atoms with Gasteiger partial charge in [0.15, 0.2) is 0 Å². The first kappa shape index (κ1) is 38.3. The maximum atomic E-state index is 12.3. The van der Waals surface area contributed by atoms with Gasteiger partial charge in [-0.2, -0.15) is 0 Å². The molecule has 4 heteroatoms. The fourth-order valence-corrected chi connectivity index (χ4v) is 10.2. The van der Waals surface area contributed by atoms with E-state index in [2.05, 4.69) is 98.8 Å². The molecule has 294 valence electrons. The van der Waals surface area contributed by atoms with Gasteiger partial charge in [-0.25, -0.2) is 9.59 Å². The summed E-state index contributed by atoms with van der Waals surface area (Å²) in [5.41, 5.74) is 11.0. The van der Waals surface area contributed by atoms with Crippen LogP contribution in [0, 0.1) is 0 Å². The van der Waals surface area contributed by atoms with E-state index in [0.29, 0.717) is 11.1 Å². The van der Waals surface area contributed by atoms with Gasteiger partial charge in [-0.15, -0.1) is 0 Å². The molecule has 1 aliphatic carbocycles. The van der Waals surface area contributed by atoms with E-state index < -0.39 is 0 Å². The van der Waals surface area contributed by atoms with Crippen molar-refractivity contribution in [2.45, 2.75) is 70.6 Å². The molecule has 0 bridgehead atoms. The predicted molar refractivity (Wildman–Crippen MR) is 245 cm³/mol. The Labute approximate surface area is 346 Å². The summed E-state index contributed by atoms with van der Waals surface area (Å²) in [6.07, 6.45) is 9.18. The van der Waals surface area contributed by atoms with Crippen molar-refractivity contribution in [2.24, 2.45) is 0 Å². The monoisotopic (exact) mass is 774 g/mol. The summed E-state index contributed by atoms with van der Waals surface area (Å²) in [4.78, 5) is 24.6. The number of hydrogen-bond donors (Lipinski definition) is 0. The third-order valence-corrected chi connectivity index (χ3v) is 13.0. The second-order valence-electron chi connectivity index (χ2n) is 16.2. The SMILES string of the molecule is CCCCCC1(CCCCC)c2c(c3ccccc3c3cc(-c4ccc(C(=O)OC)cc4)ccc23)-c2c1c1ccc(-c3ccc(C(=O)OC)cc3)cc1c1ccccc21. The van der Waals surface area contributed by atoms with Crippen molar-refractivity contribution in [1.82, 2.24) is 0 Å². The number of methoxy groups -OCH3 is 2. The maximum absolute atomic E-state index is 12.3. The first-order valence-corrected chi connectivity index (χ1v) is 21.3. The number of ether oxygens (including phenoxy) is 2. The average molecular weight is 775 g/mol. The number of carbonyl (C=O) groups excluding carboxylic acids is 2. The Bertz CT molecular complexity index is 2700. The number of unbranched alkanes of at least 4 members (excludes halogenated alkanes) is 4. The quantitative estimate of drug-likeness (QED) is 0.0705. The van der Waals surface area contributed by atoms with E-state index >= 15 is 0 Å². The molecule has 0 aromatic heterocycles. The van der Waals surface area contributed by atoms with E-state index in [1.54, 1.807) is 0 Å². The molecule has 8 aromatic carbocycles. The Kier molecular flexibility index (Phi) is 10.3. The molecule has 0 amide bonds. The van der Waals surface area contributed by atoms with Crippen molar-refractivity contribution in [3.05, 3.63) is 156 Å². The summed E-state index contributed by atoms with van der Waals surface area (Å²) >= 11 is 0. The van der Waals surface area contributed by atoms with E-state index in [-0.39, 0.29) is 17.4 Å². The molecule has 0 atom stereocenters. The zero-order valence-corrected chi connectivity index (χ0v) is 34.5. The molecule has 59 heavy (non-hydrogen) atoms. The van der Waals surface area contributed by atoms with Crippen molar-refractivity contribution in [3.63, 3.8) is 0 Å². The molecule has 0 spiro atoms. The Balaban J connectivity index is 1.36. The Morgan fingerprint density at radius 1 is 0.424 bits per heavy atom. The van der Waals surface area contributed by atoms with E-state index in [9.17, 15) is 9.59 Å². The summed E-state index contributed by atoms with van der Waals surface area (Å²) in [5, 5.41) is 10.3. The summed E-state index contributed by atoms with van der Waals surface area (Å²) in [5.74, 6) is -0.659. The number of benzene rings is 8. The van der Waals surface area contributed by atoms with Crippen LogP contribution in [0.1, 0.15) is 97.1 Å². The van der Waals surface area contributed by atoms with Gasteiger partial charge in [0.2, 0.25) is 0 Å². The van der Waals surface area contributed by atoms with Crippen molar-refractivity contribution in [3.8, 4) is 33.4 Å². The molecule has 1 aliphatic rings. The lowest BCUT2D eigenvalue weighted by Gasteiger charge is -2.35. The fourth-order valence-electron chi connectivity index (χ4n) is 10.2. The first-order valence-electron chi connectivity index (χ1n) is 21.3. The minimum atomic E-state index is -0.329. The number of hydrogen-bond acceptors (Lipinski definition) is 4. The smallest absolute Gasteiger partial charge is 0.337 e. The summed E-state index contributed by atoms with van der Waals surface area (Å²) in [6.45, 7) is 4.62. The number of fused-ring (bicyclic) bond motifs is 13. The van der Waals surface area contributed by atoms with Crippen LogP contribution in [0.4, 0.5) is 0 Å². The molecule has 0 aliphatic heterocycles. The molecule has 0 radical (unpaired) electrons. The van der Waals surface area contributed by atoms with Gasteiger partial charge in [0.05, 0.1) is 25.3 Å². The van der Waals surface area contributed by atoms with Crippen molar-refractivity contribution in [1.29, 1.82) is 0 Å². The van der Waals surface area contributed by atoms with Gasteiger partial charge in [-0.05, 0) is 137 Å². The molecule has 0 saturated carbocycles. The highest BCUT2D eigenvalue weighted by molar-refractivity contribution is 6.26. The molecule has 0 heterocycles. The van der Waals surface area contributed by atoms with E-state index in [1.807, 2.05) is 48.5 Å². The van der Waals surface area contributed by atoms with Crippen molar-refractivity contribution < 1.29 is 19.1 Å². The van der Waals surface area contributed by atoms with Crippen LogP contribution in [0.25, 0.3) is 76.5 Å². The van der Waals surface area contributed by atoms with Crippen LogP contribution in [0.2, 0.25) is 0 Å². The highest BCUT2D eigenvalue weighted by Crippen LogP contribution is 2.62. The van der Waals surface area contributed by atoms with Gasteiger partial charge in [0, 0.05) is 5.41 Å². The highest BCUT2D eigenvalue weighted by atomic mass is 16.5. The second kappa shape index (κ2) is 15.8. The Hall–Kier alpha value is -6.26. The lowest BCUT2D eigenvalue weighted by Crippen LogP contribution is -2.26. The van der Waals surface area contributed by atoms with E-state index in [4.69, 9.17) is 9.47 Å². The molecule has 8 aromatic rings.